The van der Waals surface area contributed by atoms with Crippen LogP contribution in [0.25, 0.3) is 5.76 Å². The van der Waals surface area contributed by atoms with E-state index in [0.717, 1.165) is 11.1 Å². The normalized spacial score (nSPS) is 18.4. The fourth-order valence-electron chi connectivity index (χ4n) is 3.89. The van der Waals surface area contributed by atoms with E-state index in [1.54, 1.807) is 36.4 Å². The molecule has 1 aliphatic rings. The second kappa shape index (κ2) is 8.32. The third-order valence-electron chi connectivity index (χ3n) is 5.66. The van der Waals surface area contributed by atoms with Crippen LogP contribution in [-0.2, 0) is 21.5 Å². The average molecular weight is 450 g/mol. The number of halogens is 1. The number of hydrogen-bond donors (Lipinski definition) is 1. The van der Waals surface area contributed by atoms with E-state index in [-0.39, 0.29) is 23.3 Å². The van der Waals surface area contributed by atoms with Gasteiger partial charge in [0.05, 0.1) is 24.4 Å². The monoisotopic (exact) mass is 449 g/mol. The van der Waals surface area contributed by atoms with Crippen LogP contribution in [0.2, 0.25) is 5.02 Å². The van der Waals surface area contributed by atoms with Crippen molar-refractivity contribution in [3.05, 3.63) is 100.0 Å². The molecule has 0 aliphatic carbocycles. The Morgan fingerprint density at radius 2 is 1.69 bits per heavy atom. The van der Waals surface area contributed by atoms with Crippen molar-refractivity contribution in [2.24, 2.45) is 0 Å². The Morgan fingerprint density at radius 1 is 1.03 bits per heavy atom. The van der Waals surface area contributed by atoms with Crippen molar-refractivity contribution in [1.29, 1.82) is 0 Å². The molecule has 1 fully saturated rings. The molecule has 2 heterocycles. The number of rotatable bonds is 4. The van der Waals surface area contributed by atoms with Crippen molar-refractivity contribution >= 4 is 29.1 Å². The van der Waals surface area contributed by atoms with Crippen molar-refractivity contribution < 1.29 is 19.1 Å². The Bertz CT molecular complexity index is 1170. The smallest absolute Gasteiger partial charge is 0.296 e. The van der Waals surface area contributed by atoms with E-state index in [9.17, 15) is 14.7 Å². The molecule has 1 aliphatic heterocycles. The van der Waals surface area contributed by atoms with Gasteiger partial charge >= 0.3 is 0 Å². The second-order valence-corrected chi connectivity index (χ2v) is 9.32. The number of nitrogens with zero attached hydrogens (tertiary/aromatic N) is 1. The molecule has 1 N–H and O–H groups in total. The number of aliphatic hydroxyl groups is 1. The van der Waals surface area contributed by atoms with Gasteiger partial charge in [0, 0.05) is 10.6 Å². The molecule has 4 rings (SSSR count). The summed E-state index contributed by atoms with van der Waals surface area (Å²) in [6.45, 7) is 6.46. The summed E-state index contributed by atoms with van der Waals surface area (Å²) in [4.78, 5) is 27.5. The Hall–Kier alpha value is -3.31. The molecular formula is C26H24ClNO4. The highest BCUT2D eigenvalue weighted by atomic mass is 35.5. The van der Waals surface area contributed by atoms with E-state index >= 15 is 0 Å². The molecule has 164 valence electrons. The number of hydrogen-bond acceptors (Lipinski definition) is 4. The van der Waals surface area contributed by atoms with Crippen LogP contribution in [0.5, 0.6) is 0 Å². The van der Waals surface area contributed by atoms with E-state index in [1.165, 1.54) is 11.2 Å². The maximum atomic E-state index is 13.1. The summed E-state index contributed by atoms with van der Waals surface area (Å²) in [5.41, 5.74) is 2.29. The predicted octanol–water partition coefficient (Wildman–Crippen LogP) is 5.85. The molecule has 5 nitrogen and oxygen atoms in total. The third-order valence-corrected chi connectivity index (χ3v) is 5.91. The fourth-order valence-corrected chi connectivity index (χ4v) is 4.01. The number of benzene rings is 2. The number of carbonyl (C=O) groups excluding carboxylic acids is 2. The van der Waals surface area contributed by atoms with E-state index in [1.807, 2.05) is 24.3 Å². The Kier molecular flexibility index (Phi) is 5.70. The van der Waals surface area contributed by atoms with Gasteiger partial charge in [-0.2, -0.15) is 0 Å². The SMILES string of the molecule is CC(C)(C)c1ccc([C@@H]2C(=C(O)c3ccc(Cl)cc3)C(=O)C(=O)N2Cc2ccco2)cc1. The van der Waals surface area contributed by atoms with Crippen molar-refractivity contribution in [2.45, 2.75) is 38.8 Å². The highest BCUT2D eigenvalue weighted by molar-refractivity contribution is 6.46. The third kappa shape index (κ3) is 4.08. The van der Waals surface area contributed by atoms with Gasteiger partial charge in [0.1, 0.15) is 11.5 Å². The van der Waals surface area contributed by atoms with Gasteiger partial charge in [-0.3, -0.25) is 9.59 Å². The topological polar surface area (TPSA) is 70.8 Å². The van der Waals surface area contributed by atoms with Crippen LogP contribution in [0.3, 0.4) is 0 Å². The van der Waals surface area contributed by atoms with Crippen LogP contribution in [-0.4, -0.2) is 21.7 Å². The van der Waals surface area contributed by atoms with E-state index < -0.39 is 17.7 Å². The molecule has 3 aromatic rings. The lowest BCUT2D eigenvalue weighted by Gasteiger charge is -2.26. The molecule has 32 heavy (non-hydrogen) atoms. The van der Waals surface area contributed by atoms with E-state index in [0.29, 0.717) is 16.3 Å². The first kappa shape index (κ1) is 21.9. The summed E-state index contributed by atoms with van der Waals surface area (Å²) in [6, 6.07) is 17.0. The Morgan fingerprint density at radius 3 is 2.25 bits per heavy atom. The summed E-state index contributed by atoms with van der Waals surface area (Å²) in [7, 11) is 0. The maximum Gasteiger partial charge on any atom is 0.296 e. The van der Waals surface area contributed by atoms with Crippen LogP contribution in [0.1, 0.15) is 49.3 Å². The molecule has 0 saturated carbocycles. The molecule has 6 heteroatoms. The molecule has 1 saturated heterocycles. The highest BCUT2D eigenvalue weighted by Crippen LogP contribution is 2.41. The Balaban J connectivity index is 1.85. The van der Waals surface area contributed by atoms with Gasteiger partial charge in [0.25, 0.3) is 11.7 Å². The standard InChI is InChI=1S/C26H24ClNO4/c1-26(2,3)18-10-6-16(7-11-18)22-21(23(29)17-8-12-19(27)13-9-17)24(30)25(31)28(22)15-20-5-4-14-32-20/h4-14,22,29H,15H2,1-3H3/t22-/m1/s1. The summed E-state index contributed by atoms with van der Waals surface area (Å²) in [5, 5.41) is 11.6. The van der Waals surface area contributed by atoms with Gasteiger partial charge in [-0.05, 0) is 52.9 Å². The highest BCUT2D eigenvalue weighted by Gasteiger charge is 2.46. The lowest BCUT2D eigenvalue weighted by molar-refractivity contribution is -0.140. The molecule has 0 spiro atoms. The Labute approximate surface area is 191 Å². The first-order valence-electron chi connectivity index (χ1n) is 10.3. The second-order valence-electron chi connectivity index (χ2n) is 8.89. The number of ketones is 1. The summed E-state index contributed by atoms with van der Waals surface area (Å²) >= 11 is 5.97. The van der Waals surface area contributed by atoms with Gasteiger partial charge in [-0.25, -0.2) is 0 Å². The zero-order chi connectivity index (χ0) is 23.0. The van der Waals surface area contributed by atoms with Gasteiger partial charge in [-0.15, -0.1) is 0 Å². The minimum absolute atomic E-state index is 0.0438. The summed E-state index contributed by atoms with van der Waals surface area (Å²) in [6.07, 6.45) is 1.52. The van der Waals surface area contributed by atoms with Crippen molar-refractivity contribution in [3.8, 4) is 0 Å². The van der Waals surface area contributed by atoms with Gasteiger partial charge < -0.3 is 14.4 Å². The summed E-state index contributed by atoms with van der Waals surface area (Å²) < 4.78 is 5.42. The molecule has 1 atom stereocenters. The quantitative estimate of drug-likeness (QED) is 0.308. The minimum atomic E-state index is -0.746. The van der Waals surface area contributed by atoms with E-state index in [4.69, 9.17) is 16.0 Å². The molecule has 0 unspecified atom stereocenters. The van der Waals surface area contributed by atoms with Crippen LogP contribution in [0.15, 0.2) is 76.9 Å². The van der Waals surface area contributed by atoms with Crippen molar-refractivity contribution in [1.82, 2.24) is 4.90 Å². The van der Waals surface area contributed by atoms with E-state index in [2.05, 4.69) is 20.8 Å². The van der Waals surface area contributed by atoms with Crippen LogP contribution >= 0.6 is 11.6 Å². The van der Waals surface area contributed by atoms with Crippen LogP contribution in [0, 0.1) is 0 Å². The first-order valence-corrected chi connectivity index (χ1v) is 10.7. The minimum Gasteiger partial charge on any atom is -0.507 e. The average Bonchev–Trinajstić information content (AvgIpc) is 3.36. The van der Waals surface area contributed by atoms with Gasteiger partial charge in [0.15, 0.2) is 0 Å². The molecular weight excluding hydrogens is 426 g/mol. The number of Topliss-reactive ketones (excluding diaryl/α,β-unsaturated/α-hetero) is 1. The maximum absolute atomic E-state index is 13.1. The predicted molar refractivity (Wildman–Crippen MR) is 123 cm³/mol. The number of furan rings is 1. The number of aliphatic hydroxyl groups excluding tert-OH is 1. The number of amides is 1. The van der Waals surface area contributed by atoms with Gasteiger partial charge in [0.2, 0.25) is 0 Å². The molecule has 2 aromatic carbocycles. The van der Waals surface area contributed by atoms with Crippen LogP contribution in [0.4, 0.5) is 0 Å². The number of carbonyl (C=O) groups is 2. The molecule has 1 amide bonds. The van der Waals surface area contributed by atoms with Crippen molar-refractivity contribution in [2.75, 3.05) is 0 Å². The lowest BCUT2D eigenvalue weighted by Crippen LogP contribution is -2.29. The summed E-state index contributed by atoms with van der Waals surface area (Å²) in [5.74, 6) is -1.09. The largest absolute Gasteiger partial charge is 0.507 e. The first-order chi connectivity index (χ1) is 15.2. The van der Waals surface area contributed by atoms with Crippen LogP contribution < -0.4 is 0 Å². The lowest BCUT2D eigenvalue weighted by atomic mass is 9.85. The molecule has 0 radical (unpaired) electrons. The zero-order valence-electron chi connectivity index (χ0n) is 18.1. The number of likely N-dealkylation sites (tertiary alicyclic amines) is 1. The van der Waals surface area contributed by atoms with Crippen molar-refractivity contribution in [3.63, 3.8) is 0 Å². The molecule has 0 bridgehead atoms. The fraction of sp³-hybridized carbons (Fsp3) is 0.231. The zero-order valence-corrected chi connectivity index (χ0v) is 18.9. The van der Waals surface area contributed by atoms with Gasteiger partial charge in [-0.1, -0.05) is 56.6 Å². The molecule has 1 aromatic heterocycles.